The fourth-order valence-electron chi connectivity index (χ4n) is 2.62. The topological polar surface area (TPSA) is 107 Å². The first kappa shape index (κ1) is 22.8. The van der Waals surface area contributed by atoms with Crippen molar-refractivity contribution in [3.05, 3.63) is 46.8 Å². The Hall–Kier alpha value is -3.50. The van der Waals surface area contributed by atoms with Gasteiger partial charge in [-0.1, -0.05) is 0 Å². The molecule has 1 amide bonds. The number of ether oxygens (including phenoxy) is 3. The van der Waals surface area contributed by atoms with Crippen LogP contribution >= 0.6 is 0 Å². The van der Waals surface area contributed by atoms with Gasteiger partial charge in [0.15, 0.2) is 6.10 Å². The predicted molar refractivity (Wildman–Crippen MR) is 98.2 cm³/mol. The number of hydrogen-bond acceptors (Lipinski definition) is 6. The zero-order chi connectivity index (χ0) is 22.6. The molecule has 1 aromatic heterocycles. The summed E-state index contributed by atoms with van der Waals surface area (Å²) in [7, 11) is 1.21. The maximum atomic E-state index is 12.4. The molecular weight excluding hydrogens is 409 g/mol. The molecular formula is C19H19F3N2O6. The van der Waals surface area contributed by atoms with Gasteiger partial charge in [-0.15, -0.1) is 13.2 Å². The quantitative estimate of drug-likeness (QED) is 0.682. The summed E-state index contributed by atoms with van der Waals surface area (Å²) in [6.45, 7) is 4.43. The van der Waals surface area contributed by atoms with E-state index in [0.29, 0.717) is 11.3 Å². The van der Waals surface area contributed by atoms with Gasteiger partial charge in [-0.2, -0.15) is 0 Å². The number of rotatable bonds is 6. The first-order valence-corrected chi connectivity index (χ1v) is 8.58. The lowest BCUT2D eigenvalue weighted by atomic mass is 10.1. The van der Waals surface area contributed by atoms with Crippen LogP contribution in [-0.2, 0) is 14.3 Å². The maximum absolute atomic E-state index is 12.4. The fraction of sp³-hybridized carbons (Fsp3) is 0.316. The predicted octanol–water partition coefficient (Wildman–Crippen LogP) is 3.50. The number of benzene rings is 1. The van der Waals surface area contributed by atoms with Gasteiger partial charge in [0.1, 0.15) is 11.4 Å². The largest absolute Gasteiger partial charge is 0.573 e. The molecule has 1 aromatic carbocycles. The number of alkyl halides is 3. The minimum absolute atomic E-state index is 0.00111. The van der Waals surface area contributed by atoms with Crippen molar-refractivity contribution in [3.63, 3.8) is 0 Å². The molecule has 1 heterocycles. The zero-order valence-corrected chi connectivity index (χ0v) is 16.5. The number of H-pyrrole nitrogens is 1. The third-order valence-corrected chi connectivity index (χ3v) is 4.04. The minimum atomic E-state index is -4.82. The smallest absolute Gasteiger partial charge is 0.465 e. The number of carbonyl (C=O) groups is 3. The van der Waals surface area contributed by atoms with E-state index in [2.05, 4.69) is 19.8 Å². The molecule has 11 heteroatoms. The summed E-state index contributed by atoms with van der Waals surface area (Å²) >= 11 is 0. The number of aromatic nitrogens is 1. The number of hydrogen-bond donors (Lipinski definition) is 2. The molecule has 0 radical (unpaired) electrons. The Morgan fingerprint density at radius 1 is 1.07 bits per heavy atom. The Morgan fingerprint density at radius 2 is 1.67 bits per heavy atom. The van der Waals surface area contributed by atoms with Gasteiger partial charge in [-0.05, 0) is 50.6 Å². The highest BCUT2D eigenvalue weighted by Gasteiger charge is 2.31. The number of esters is 2. The number of anilines is 1. The average Bonchev–Trinajstić information content (AvgIpc) is 2.95. The molecule has 30 heavy (non-hydrogen) atoms. The van der Waals surface area contributed by atoms with Crippen molar-refractivity contribution in [3.8, 4) is 5.75 Å². The summed E-state index contributed by atoms with van der Waals surface area (Å²) in [4.78, 5) is 39.1. The van der Waals surface area contributed by atoms with Crippen LogP contribution in [0, 0.1) is 13.8 Å². The van der Waals surface area contributed by atoms with E-state index in [-0.39, 0.29) is 16.9 Å². The summed E-state index contributed by atoms with van der Waals surface area (Å²) in [5.74, 6) is -2.63. The molecule has 0 aliphatic heterocycles. The third kappa shape index (κ3) is 5.52. The second-order valence-electron chi connectivity index (χ2n) is 6.23. The molecule has 162 valence electrons. The van der Waals surface area contributed by atoms with Gasteiger partial charge in [0, 0.05) is 11.4 Å². The van der Waals surface area contributed by atoms with Crippen LogP contribution in [0.15, 0.2) is 24.3 Å². The van der Waals surface area contributed by atoms with E-state index in [9.17, 15) is 27.6 Å². The molecule has 0 bridgehead atoms. The number of halogens is 3. The molecule has 0 aliphatic rings. The molecule has 0 saturated carbocycles. The molecule has 8 nitrogen and oxygen atoms in total. The van der Waals surface area contributed by atoms with Gasteiger partial charge in [0.25, 0.3) is 5.91 Å². The summed E-state index contributed by atoms with van der Waals surface area (Å²) < 4.78 is 50.0. The van der Waals surface area contributed by atoms with Gasteiger partial charge in [0.05, 0.1) is 12.7 Å². The molecule has 0 aliphatic carbocycles. The Kier molecular flexibility index (Phi) is 6.75. The first-order valence-electron chi connectivity index (χ1n) is 8.58. The van der Waals surface area contributed by atoms with Gasteiger partial charge in [0.2, 0.25) is 0 Å². The van der Waals surface area contributed by atoms with Crippen molar-refractivity contribution >= 4 is 23.5 Å². The SMILES string of the molecule is COC(=O)c1c(C)[nH]c(C(=O)OC(C)C(=O)Nc2ccc(OC(F)(F)F)cc2)c1C. The van der Waals surface area contributed by atoms with Crippen LogP contribution in [-0.4, -0.2) is 42.4 Å². The average molecular weight is 428 g/mol. The van der Waals surface area contributed by atoms with Crippen LogP contribution in [0.1, 0.15) is 39.0 Å². The second-order valence-corrected chi connectivity index (χ2v) is 6.23. The van der Waals surface area contributed by atoms with E-state index < -0.39 is 36.1 Å². The second kappa shape index (κ2) is 8.89. The normalized spacial score (nSPS) is 12.1. The van der Waals surface area contributed by atoms with E-state index >= 15 is 0 Å². The van der Waals surface area contributed by atoms with Crippen molar-refractivity contribution < 1.29 is 41.8 Å². The van der Waals surface area contributed by atoms with Gasteiger partial charge < -0.3 is 24.5 Å². The maximum Gasteiger partial charge on any atom is 0.573 e. The van der Waals surface area contributed by atoms with Crippen LogP contribution in [0.4, 0.5) is 18.9 Å². The molecule has 2 N–H and O–H groups in total. The number of aryl methyl sites for hydroxylation is 1. The lowest BCUT2D eigenvalue weighted by Gasteiger charge is -2.14. The number of amides is 1. The molecule has 0 fully saturated rings. The Labute approximate surface area is 169 Å². The summed E-state index contributed by atoms with van der Waals surface area (Å²) in [6, 6.07) is 4.46. The van der Waals surface area contributed by atoms with E-state index in [1.807, 2.05) is 0 Å². The molecule has 2 aromatic rings. The highest BCUT2D eigenvalue weighted by atomic mass is 19.4. The van der Waals surface area contributed by atoms with Gasteiger partial charge >= 0.3 is 18.3 Å². The molecule has 0 saturated heterocycles. The first-order chi connectivity index (χ1) is 13.9. The zero-order valence-electron chi connectivity index (χ0n) is 16.5. The van der Waals surface area contributed by atoms with Crippen LogP contribution in [0.2, 0.25) is 0 Å². The van der Waals surface area contributed by atoms with Crippen molar-refractivity contribution in [2.45, 2.75) is 33.2 Å². The minimum Gasteiger partial charge on any atom is -0.465 e. The lowest BCUT2D eigenvalue weighted by Crippen LogP contribution is -2.30. The number of nitrogens with one attached hydrogen (secondary N) is 2. The summed E-state index contributed by atoms with van der Waals surface area (Å²) in [6.07, 6.45) is -6.05. The van der Waals surface area contributed by atoms with E-state index in [0.717, 1.165) is 12.1 Å². The highest BCUT2D eigenvalue weighted by molar-refractivity contribution is 6.00. The summed E-state index contributed by atoms with van der Waals surface area (Å²) in [5.41, 5.74) is 1.10. The molecule has 1 atom stereocenters. The van der Waals surface area contributed by atoms with Crippen LogP contribution in [0.3, 0.4) is 0 Å². The highest BCUT2D eigenvalue weighted by Crippen LogP contribution is 2.24. The van der Waals surface area contributed by atoms with Crippen molar-refractivity contribution in [2.75, 3.05) is 12.4 Å². The summed E-state index contributed by atoms with van der Waals surface area (Å²) in [5, 5.41) is 2.41. The van der Waals surface area contributed by atoms with Crippen molar-refractivity contribution in [1.82, 2.24) is 4.98 Å². The number of methoxy groups -OCH3 is 1. The standard InChI is InChI=1S/C19H19F3N2O6/c1-9-14(17(26)28-4)10(2)23-15(9)18(27)29-11(3)16(25)24-12-5-7-13(8-6-12)30-19(20,21)22/h5-8,11,23H,1-4H3,(H,24,25). The van der Waals surface area contributed by atoms with Gasteiger partial charge in [-0.25, -0.2) is 9.59 Å². The van der Waals surface area contributed by atoms with Crippen LogP contribution in [0.25, 0.3) is 0 Å². The van der Waals surface area contributed by atoms with Crippen molar-refractivity contribution in [2.24, 2.45) is 0 Å². The fourth-order valence-corrected chi connectivity index (χ4v) is 2.62. The third-order valence-electron chi connectivity index (χ3n) is 4.04. The van der Waals surface area contributed by atoms with Crippen LogP contribution in [0.5, 0.6) is 5.75 Å². The number of aromatic amines is 1. The monoisotopic (exact) mass is 428 g/mol. The van der Waals surface area contributed by atoms with Crippen molar-refractivity contribution in [1.29, 1.82) is 0 Å². The lowest BCUT2D eigenvalue weighted by molar-refractivity contribution is -0.274. The van der Waals surface area contributed by atoms with E-state index in [4.69, 9.17) is 4.74 Å². The Morgan fingerprint density at radius 3 is 2.20 bits per heavy atom. The Bertz CT molecular complexity index is 950. The van der Waals surface area contributed by atoms with E-state index in [1.54, 1.807) is 6.92 Å². The molecule has 1 unspecified atom stereocenters. The number of carbonyl (C=O) groups excluding carboxylic acids is 3. The van der Waals surface area contributed by atoms with Gasteiger partial charge in [-0.3, -0.25) is 4.79 Å². The Balaban J connectivity index is 2.02. The van der Waals surface area contributed by atoms with Crippen LogP contribution < -0.4 is 10.1 Å². The molecule has 2 rings (SSSR count). The van der Waals surface area contributed by atoms with E-state index in [1.165, 1.54) is 33.1 Å². The molecule has 0 spiro atoms.